The highest BCUT2D eigenvalue weighted by molar-refractivity contribution is 7.90. The summed E-state index contributed by atoms with van der Waals surface area (Å²) in [6.45, 7) is 2.80. The van der Waals surface area contributed by atoms with Crippen LogP contribution in [-0.4, -0.2) is 37.5 Å². The third-order valence-corrected chi connectivity index (χ3v) is 4.95. The Morgan fingerprint density at radius 2 is 2.00 bits per heavy atom. The Morgan fingerprint density at radius 1 is 1.29 bits per heavy atom. The second kappa shape index (κ2) is 6.94. The Morgan fingerprint density at radius 3 is 2.62 bits per heavy atom. The van der Waals surface area contributed by atoms with Crippen LogP contribution in [0.25, 0.3) is 0 Å². The molecule has 0 radical (unpaired) electrons. The number of nitrogens with zero attached hydrogens (tertiary/aromatic N) is 1. The van der Waals surface area contributed by atoms with Crippen molar-refractivity contribution in [1.29, 1.82) is 0 Å². The number of hydrogen-bond acceptors (Lipinski definition) is 3. The van der Waals surface area contributed by atoms with Gasteiger partial charge in [-0.2, -0.15) is 12.7 Å². The maximum Gasteiger partial charge on any atom is 0.301 e. The fourth-order valence-corrected chi connectivity index (χ4v) is 3.68. The van der Waals surface area contributed by atoms with Crippen LogP contribution in [-0.2, 0) is 10.2 Å². The van der Waals surface area contributed by atoms with Crippen LogP contribution < -0.4 is 4.72 Å². The number of aryl methyl sites for hydroxylation is 1. The first-order valence-corrected chi connectivity index (χ1v) is 8.45. The minimum atomic E-state index is -3.48. The molecule has 0 saturated carbocycles. The molecule has 1 heterocycles. The first kappa shape index (κ1) is 15.8. The molecule has 1 aromatic rings. The summed E-state index contributed by atoms with van der Waals surface area (Å²) >= 11 is 0. The Bertz CT molecular complexity index is 653. The fraction of sp³-hybridized carbons (Fsp3) is 0.467. The summed E-state index contributed by atoms with van der Waals surface area (Å²) in [5.74, 6) is 5.37. The molecule has 5 nitrogen and oxygen atoms in total. The van der Waals surface area contributed by atoms with E-state index in [4.69, 9.17) is 5.11 Å². The van der Waals surface area contributed by atoms with E-state index in [2.05, 4.69) is 16.6 Å². The Hall–Kier alpha value is -1.55. The lowest BCUT2D eigenvalue weighted by atomic mass is 10.1. The van der Waals surface area contributed by atoms with Crippen LogP contribution in [0.5, 0.6) is 0 Å². The molecule has 0 amide bonds. The number of aliphatic hydroxyl groups is 1. The summed E-state index contributed by atoms with van der Waals surface area (Å²) in [5.41, 5.74) is 2.12. The van der Waals surface area contributed by atoms with Gasteiger partial charge in [-0.15, -0.1) is 0 Å². The van der Waals surface area contributed by atoms with Gasteiger partial charge >= 0.3 is 10.2 Å². The minimum absolute atomic E-state index is 0.192. The van der Waals surface area contributed by atoms with Crippen LogP contribution in [0.1, 0.15) is 30.4 Å². The van der Waals surface area contributed by atoms with Crippen molar-refractivity contribution in [3.63, 3.8) is 0 Å². The predicted molar refractivity (Wildman–Crippen MR) is 83.1 cm³/mol. The number of nitrogens with one attached hydrogen (secondary N) is 1. The molecule has 0 atom stereocenters. The zero-order valence-corrected chi connectivity index (χ0v) is 12.9. The number of aliphatic hydroxyl groups excluding tert-OH is 1. The van der Waals surface area contributed by atoms with Crippen LogP contribution in [0.3, 0.4) is 0 Å². The van der Waals surface area contributed by atoms with E-state index in [9.17, 15) is 8.42 Å². The molecule has 6 heteroatoms. The molecule has 0 aliphatic carbocycles. The zero-order chi connectivity index (χ0) is 15.3. The van der Waals surface area contributed by atoms with E-state index in [1.807, 2.05) is 6.92 Å². The first-order valence-electron chi connectivity index (χ1n) is 7.01. The average Bonchev–Trinajstić information content (AvgIpc) is 2.48. The first-order chi connectivity index (χ1) is 10.0. The Balaban J connectivity index is 2.15. The summed E-state index contributed by atoms with van der Waals surface area (Å²) in [4.78, 5) is 0. The minimum Gasteiger partial charge on any atom is -0.384 e. The molecule has 114 valence electrons. The maximum atomic E-state index is 12.3. The van der Waals surface area contributed by atoms with Gasteiger partial charge < -0.3 is 5.11 Å². The molecule has 1 aromatic carbocycles. The van der Waals surface area contributed by atoms with E-state index in [1.165, 1.54) is 4.31 Å². The molecular weight excluding hydrogens is 288 g/mol. The molecule has 0 bridgehead atoms. The average molecular weight is 308 g/mol. The molecular formula is C15H20N2O3S. The lowest BCUT2D eigenvalue weighted by Crippen LogP contribution is -2.39. The molecule has 1 saturated heterocycles. The standard InChI is InChI=1S/C15H20N2O3S/c1-13-12-14(6-5-11-18)7-8-15(13)16-21(19,20)17-9-3-2-4-10-17/h7-8,12,16,18H,2-4,9-11H2,1H3. The molecule has 0 unspecified atom stereocenters. The van der Waals surface area contributed by atoms with Gasteiger partial charge in [-0.05, 0) is 43.5 Å². The number of piperidine rings is 1. The van der Waals surface area contributed by atoms with Crippen molar-refractivity contribution >= 4 is 15.9 Å². The van der Waals surface area contributed by atoms with Gasteiger partial charge in [0.15, 0.2) is 0 Å². The second-order valence-electron chi connectivity index (χ2n) is 5.06. The molecule has 0 spiro atoms. The van der Waals surface area contributed by atoms with Crippen molar-refractivity contribution in [2.75, 3.05) is 24.4 Å². The molecule has 1 aliphatic heterocycles. The number of rotatable bonds is 3. The summed E-state index contributed by atoms with van der Waals surface area (Å²) in [5, 5.41) is 8.68. The van der Waals surface area contributed by atoms with Crippen molar-refractivity contribution in [1.82, 2.24) is 4.31 Å². The molecule has 2 rings (SSSR count). The van der Waals surface area contributed by atoms with Crippen molar-refractivity contribution in [3.05, 3.63) is 29.3 Å². The maximum absolute atomic E-state index is 12.3. The van der Waals surface area contributed by atoms with Gasteiger partial charge in [0, 0.05) is 18.7 Å². The topological polar surface area (TPSA) is 69.6 Å². The van der Waals surface area contributed by atoms with Gasteiger partial charge in [0.25, 0.3) is 0 Å². The quantitative estimate of drug-likeness (QED) is 0.831. The molecule has 0 aromatic heterocycles. The second-order valence-corrected chi connectivity index (χ2v) is 6.73. The van der Waals surface area contributed by atoms with Gasteiger partial charge in [0.2, 0.25) is 0 Å². The summed E-state index contributed by atoms with van der Waals surface area (Å²) in [6, 6.07) is 5.25. The fourth-order valence-electron chi connectivity index (χ4n) is 2.31. The van der Waals surface area contributed by atoms with Gasteiger partial charge in [-0.1, -0.05) is 18.3 Å². The molecule has 21 heavy (non-hydrogen) atoms. The lowest BCUT2D eigenvalue weighted by molar-refractivity contribution is 0.349. The van der Waals surface area contributed by atoms with Gasteiger partial charge in [0.05, 0.1) is 5.69 Å². The molecule has 1 aliphatic rings. The van der Waals surface area contributed by atoms with Crippen molar-refractivity contribution in [2.24, 2.45) is 0 Å². The van der Waals surface area contributed by atoms with Crippen molar-refractivity contribution in [3.8, 4) is 11.8 Å². The van der Waals surface area contributed by atoms with Gasteiger partial charge in [0.1, 0.15) is 6.61 Å². The third kappa shape index (κ3) is 4.21. The number of hydrogen-bond donors (Lipinski definition) is 2. The molecule has 2 N–H and O–H groups in total. The zero-order valence-electron chi connectivity index (χ0n) is 12.1. The van der Waals surface area contributed by atoms with Gasteiger partial charge in [-0.3, -0.25) is 4.72 Å². The predicted octanol–water partition coefficient (Wildman–Crippen LogP) is 1.48. The van der Waals surface area contributed by atoms with E-state index in [0.717, 1.165) is 30.4 Å². The van der Waals surface area contributed by atoms with Crippen molar-refractivity contribution in [2.45, 2.75) is 26.2 Å². The Labute approximate surface area is 126 Å². The third-order valence-electron chi connectivity index (χ3n) is 3.43. The highest BCUT2D eigenvalue weighted by Crippen LogP contribution is 2.20. The molecule has 1 fully saturated rings. The van der Waals surface area contributed by atoms with Gasteiger partial charge in [-0.25, -0.2) is 0 Å². The largest absolute Gasteiger partial charge is 0.384 e. The highest BCUT2D eigenvalue weighted by Gasteiger charge is 2.24. The number of anilines is 1. The van der Waals surface area contributed by atoms with E-state index in [1.54, 1.807) is 18.2 Å². The van der Waals surface area contributed by atoms with E-state index in [-0.39, 0.29) is 6.61 Å². The SMILES string of the molecule is Cc1cc(C#CCO)ccc1NS(=O)(=O)N1CCCCC1. The lowest BCUT2D eigenvalue weighted by Gasteiger charge is -2.26. The highest BCUT2D eigenvalue weighted by atomic mass is 32.2. The monoisotopic (exact) mass is 308 g/mol. The van der Waals surface area contributed by atoms with Crippen LogP contribution in [0.15, 0.2) is 18.2 Å². The van der Waals surface area contributed by atoms with E-state index in [0.29, 0.717) is 18.8 Å². The Kier molecular flexibility index (Phi) is 5.23. The van der Waals surface area contributed by atoms with Crippen LogP contribution in [0.4, 0.5) is 5.69 Å². The number of benzene rings is 1. The van der Waals surface area contributed by atoms with Crippen LogP contribution in [0.2, 0.25) is 0 Å². The van der Waals surface area contributed by atoms with E-state index >= 15 is 0 Å². The summed E-state index contributed by atoms with van der Waals surface area (Å²) < 4.78 is 28.8. The van der Waals surface area contributed by atoms with Crippen LogP contribution >= 0.6 is 0 Å². The van der Waals surface area contributed by atoms with Crippen molar-refractivity contribution < 1.29 is 13.5 Å². The van der Waals surface area contributed by atoms with Crippen LogP contribution in [0, 0.1) is 18.8 Å². The smallest absolute Gasteiger partial charge is 0.301 e. The normalized spacial score (nSPS) is 16.1. The summed E-state index contributed by atoms with van der Waals surface area (Å²) in [6.07, 6.45) is 2.91. The summed E-state index contributed by atoms with van der Waals surface area (Å²) in [7, 11) is -3.48. The van der Waals surface area contributed by atoms with E-state index < -0.39 is 10.2 Å².